The Labute approximate surface area is 107 Å². The number of aryl methyl sites for hydroxylation is 1. The number of hydrogen-bond acceptors (Lipinski definition) is 3. The van der Waals surface area contributed by atoms with E-state index in [0.29, 0.717) is 17.9 Å². The smallest absolute Gasteiger partial charge is 0.202 e. The van der Waals surface area contributed by atoms with Gasteiger partial charge < -0.3 is 5.73 Å². The van der Waals surface area contributed by atoms with Gasteiger partial charge in [0.05, 0.1) is 0 Å². The second kappa shape index (κ2) is 4.26. The summed E-state index contributed by atoms with van der Waals surface area (Å²) < 4.78 is 2.12. The summed E-state index contributed by atoms with van der Waals surface area (Å²) in [4.78, 5) is 9.03. The maximum Gasteiger partial charge on any atom is 0.202 e. The van der Waals surface area contributed by atoms with Crippen LogP contribution < -0.4 is 5.73 Å². The monoisotopic (exact) mass is 244 g/mol. The van der Waals surface area contributed by atoms with Crippen LogP contribution in [0.15, 0.2) is 12.1 Å². The third-order valence-corrected chi connectivity index (χ3v) is 4.19. The van der Waals surface area contributed by atoms with Gasteiger partial charge in [-0.25, -0.2) is 9.97 Å². The summed E-state index contributed by atoms with van der Waals surface area (Å²) in [6.45, 7) is 4.25. The molecule has 96 valence electrons. The van der Waals surface area contributed by atoms with Crippen molar-refractivity contribution in [1.29, 1.82) is 0 Å². The van der Waals surface area contributed by atoms with E-state index in [0.717, 1.165) is 16.9 Å². The van der Waals surface area contributed by atoms with Crippen molar-refractivity contribution in [2.24, 2.45) is 5.92 Å². The topological polar surface area (TPSA) is 56.7 Å². The van der Waals surface area contributed by atoms with Crippen LogP contribution in [0.3, 0.4) is 0 Å². The average Bonchev–Trinajstić information content (AvgIpc) is 2.94. The Kier molecular flexibility index (Phi) is 2.73. The Morgan fingerprint density at radius 2 is 2.00 bits per heavy atom. The number of anilines is 1. The third kappa shape index (κ3) is 1.76. The Morgan fingerprint density at radius 1 is 1.28 bits per heavy atom. The molecule has 0 aliphatic heterocycles. The van der Waals surface area contributed by atoms with E-state index < -0.39 is 0 Å². The number of pyridine rings is 1. The Morgan fingerprint density at radius 3 is 2.72 bits per heavy atom. The molecule has 1 unspecified atom stereocenters. The van der Waals surface area contributed by atoms with Gasteiger partial charge in [-0.2, -0.15) is 0 Å². The Balaban J connectivity index is 2.09. The lowest BCUT2D eigenvalue weighted by atomic mass is 9.99. The molecule has 4 nitrogen and oxygen atoms in total. The lowest BCUT2D eigenvalue weighted by Gasteiger charge is -2.21. The van der Waals surface area contributed by atoms with Gasteiger partial charge >= 0.3 is 0 Å². The SMILES string of the molecule is Cc1ccc2nc(N)n(C(C)C3CCCC3)c2n1. The highest BCUT2D eigenvalue weighted by Crippen LogP contribution is 2.36. The van der Waals surface area contributed by atoms with Crippen LogP contribution in [0.1, 0.15) is 44.3 Å². The minimum absolute atomic E-state index is 0.395. The molecule has 0 saturated heterocycles. The summed E-state index contributed by atoms with van der Waals surface area (Å²) >= 11 is 0. The van der Waals surface area contributed by atoms with Crippen LogP contribution in [0.5, 0.6) is 0 Å². The molecular formula is C14H20N4. The van der Waals surface area contributed by atoms with Gasteiger partial charge in [0.2, 0.25) is 5.95 Å². The summed E-state index contributed by atoms with van der Waals surface area (Å²) in [6, 6.07) is 4.39. The van der Waals surface area contributed by atoms with Crippen molar-refractivity contribution >= 4 is 17.1 Å². The molecular weight excluding hydrogens is 224 g/mol. The molecule has 4 heteroatoms. The first-order valence-corrected chi connectivity index (χ1v) is 6.78. The van der Waals surface area contributed by atoms with Crippen LogP contribution in [0.4, 0.5) is 5.95 Å². The molecule has 1 aliphatic carbocycles. The standard InChI is InChI=1S/C14H20N4/c1-9-7-8-12-13(16-9)18(14(15)17-12)10(2)11-5-3-4-6-11/h7-8,10-11H,3-6H2,1-2H3,(H2,15,17). The number of nitrogen functional groups attached to an aromatic ring is 1. The minimum Gasteiger partial charge on any atom is -0.369 e. The molecule has 0 aromatic carbocycles. The molecule has 0 radical (unpaired) electrons. The highest BCUT2D eigenvalue weighted by molar-refractivity contribution is 5.74. The third-order valence-electron chi connectivity index (χ3n) is 4.19. The number of imidazole rings is 1. The molecule has 2 N–H and O–H groups in total. The molecule has 1 aliphatic rings. The van der Waals surface area contributed by atoms with Gasteiger partial charge in [-0.3, -0.25) is 4.57 Å². The first-order valence-electron chi connectivity index (χ1n) is 6.78. The number of nitrogens with two attached hydrogens (primary N) is 1. The zero-order chi connectivity index (χ0) is 12.7. The highest BCUT2D eigenvalue weighted by atomic mass is 15.2. The number of nitrogens with zero attached hydrogens (tertiary/aromatic N) is 3. The molecule has 0 amide bonds. The van der Waals surface area contributed by atoms with E-state index >= 15 is 0 Å². The maximum atomic E-state index is 6.08. The molecule has 0 bridgehead atoms. The van der Waals surface area contributed by atoms with E-state index in [1.807, 2.05) is 19.1 Å². The van der Waals surface area contributed by atoms with Crippen LogP contribution in [-0.4, -0.2) is 14.5 Å². The number of aromatic nitrogens is 3. The molecule has 1 saturated carbocycles. The number of fused-ring (bicyclic) bond motifs is 1. The van der Waals surface area contributed by atoms with Gasteiger partial charge in [0, 0.05) is 11.7 Å². The first kappa shape index (κ1) is 11.5. The van der Waals surface area contributed by atoms with E-state index in [2.05, 4.69) is 21.5 Å². The van der Waals surface area contributed by atoms with E-state index in [1.165, 1.54) is 25.7 Å². The average molecular weight is 244 g/mol. The van der Waals surface area contributed by atoms with Gasteiger partial charge in [-0.15, -0.1) is 0 Å². The number of rotatable bonds is 2. The van der Waals surface area contributed by atoms with E-state index in [4.69, 9.17) is 5.73 Å². The predicted octanol–water partition coefficient (Wildman–Crippen LogP) is 3.07. The molecule has 1 fully saturated rings. The van der Waals surface area contributed by atoms with Gasteiger partial charge in [0.25, 0.3) is 0 Å². The Bertz CT molecular complexity index is 566. The van der Waals surface area contributed by atoms with Crippen LogP contribution in [-0.2, 0) is 0 Å². The van der Waals surface area contributed by atoms with E-state index in [-0.39, 0.29) is 0 Å². The lowest BCUT2D eigenvalue weighted by molar-refractivity contribution is 0.370. The summed E-state index contributed by atoms with van der Waals surface area (Å²) in [5, 5.41) is 0. The molecule has 18 heavy (non-hydrogen) atoms. The summed E-state index contributed by atoms with van der Waals surface area (Å²) in [7, 11) is 0. The highest BCUT2D eigenvalue weighted by Gasteiger charge is 2.26. The van der Waals surface area contributed by atoms with Crippen LogP contribution >= 0.6 is 0 Å². The van der Waals surface area contributed by atoms with Crippen LogP contribution in [0.25, 0.3) is 11.2 Å². The van der Waals surface area contributed by atoms with Crippen molar-refractivity contribution in [3.8, 4) is 0 Å². The van der Waals surface area contributed by atoms with Crippen LogP contribution in [0, 0.1) is 12.8 Å². The van der Waals surface area contributed by atoms with Crippen molar-refractivity contribution in [3.05, 3.63) is 17.8 Å². The fraction of sp³-hybridized carbons (Fsp3) is 0.571. The van der Waals surface area contributed by atoms with Gasteiger partial charge in [0.1, 0.15) is 5.52 Å². The molecule has 3 rings (SSSR count). The first-order chi connectivity index (χ1) is 8.66. The fourth-order valence-corrected chi connectivity index (χ4v) is 3.14. The molecule has 2 aromatic heterocycles. The van der Waals surface area contributed by atoms with Gasteiger partial charge in [-0.05, 0) is 44.7 Å². The molecule has 2 heterocycles. The van der Waals surface area contributed by atoms with Gasteiger partial charge in [-0.1, -0.05) is 12.8 Å². The lowest BCUT2D eigenvalue weighted by Crippen LogP contribution is -2.16. The van der Waals surface area contributed by atoms with Crippen molar-refractivity contribution in [1.82, 2.24) is 14.5 Å². The number of hydrogen-bond donors (Lipinski definition) is 1. The van der Waals surface area contributed by atoms with Crippen molar-refractivity contribution in [2.75, 3.05) is 5.73 Å². The Hall–Kier alpha value is -1.58. The second-order valence-electron chi connectivity index (χ2n) is 5.42. The summed E-state index contributed by atoms with van der Waals surface area (Å²) in [5.41, 5.74) is 8.94. The summed E-state index contributed by atoms with van der Waals surface area (Å²) in [6.07, 6.45) is 5.28. The second-order valence-corrected chi connectivity index (χ2v) is 5.42. The van der Waals surface area contributed by atoms with Crippen LogP contribution in [0.2, 0.25) is 0 Å². The fourth-order valence-electron chi connectivity index (χ4n) is 3.14. The normalized spacial score (nSPS) is 18.6. The predicted molar refractivity (Wildman–Crippen MR) is 73.3 cm³/mol. The molecule has 2 aromatic rings. The van der Waals surface area contributed by atoms with Crippen molar-refractivity contribution in [2.45, 2.75) is 45.6 Å². The van der Waals surface area contributed by atoms with Crippen molar-refractivity contribution < 1.29 is 0 Å². The zero-order valence-electron chi connectivity index (χ0n) is 11.1. The largest absolute Gasteiger partial charge is 0.369 e. The van der Waals surface area contributed by atoms with Gasteiger partial charge in [0.15, 0.2) is 5.65 Å². The molecule has 0 spiro atoms. The van der Waals surface area contributed by atoms with E-state index in [9.17, 15) is 0 Å². The van der Waals surface area contributed by atoms with E-state index in [1.54, 1.807) is 0 Å². The quantitative estimate of drug-likeness (QED) is 0.883. The minimum atomic E-state index is 0.395. The van der Waals surface area contributed by atoms with Crippen molar-refractivity contribution in [3.63, 3.8) is 0 Å². The zero-order valence-corrected chi connectivity index (χ0v) is 11.1. The molecule has 1 atom stereocenters. The maximum absolute atomic E-state index is 6.08. The summed E-state index contributed by atoms with van der Waals surface area (Å²) in [5.74, 6) is 1.31.